The number of anilines is 1. The summed E-state index contributed by atoms with van der Waals surface area (Å²) in [6.07, 6.45) is 1.54. The van der Waals surface area contributed by atoms with Gasteiger partial charge >= 0.3 is 6.03 Å². The van der Waals surface area contributed by atoms with Crippen molar-refractivity contribution in [2.24, 2.45) is 0 Å². The fourth-order valence-corrected chi connectivity index (χ4v) is 4.40. The summed E-state index contributed by atoms with van der Waals surface area (Å²) in [6, 6.07) is 15.5. The van der Waals surface area contributed by atoms with Crippen LogP contribution in [0.4, 0.5) is 16.2 Å². The number of amides is 3. The van der Waals surface area contributed by atoms with Crippen LogP contribution in [0.25, 0.3) is 6.08 Å². The van der Waals surface area contributed by atoms with Gasteiger partial charge in [0, 0.05) is 17.2 Å². The minimum absolute atomic E-state index is 0.0233. The van der Waals surface area contributed by atoms with E-state index in [4.69, 9.17) is 21.1 Å². The van der Waals surface area contributed by atoms with Gasteiger partial charge in [-0.1, -0.05) is 29.8 Å². The molecule has 0 radical (unpaired) electrons. The molecule has 1 saturated heterocycles. The van der Waals surface area contributed by atoms with Crippen LogP contribution in [0.15, 0.2) is 66.4 Å². The van der Waals surface area contributed by atoms with Crippen LogP contribution in [0, 0.1) is 13.7 Å². The number of imide groups is 1. The summed E-state index contributed by atoms with van der Waals surface area (Å²) in [5.41, 5.74) is 1.66. The number of rotatable bonds is 7. The molecule has 0 atom stereocenters. The van der Waals surface area contributed by atoms with E-state index in [1.807, 2.05) is 0 Å². The number of non-ortho nitro benzene ring substituents is 1. The summed E-state index contributed by atoms with van der Waals surface area (Å²) >= 11 is 8.06. The topological polar surface area (TPSA) is 111 Å². The number of hydrogen-bond donors (Lipinski definition) is 1. The van der Waals surface area contributed by atoms with Crippen molar-refractivity contribution in [1.82, 2.24) is 5.32 Å². The lowest BCUT2D eigenvalue weighted by Gasteiger charge is -2.14. The number of carbonyl (C=O) groups is 2. The Kier molecular flexibility index (Phi) is 7.22. The van der Waals surface area contributed by atoms with Crippen molar-refractivity contribution in [2.75, 3.05) is 12.0 Å². The number of nitro groups is 1. The van der Waals surface area contributed by atoms with Crippen molar-refractivity contribution in [1.29, 1.82) is 0 Å². The summed E-state index contributed by atoms with van der Waals surface area (Å²) in [7, 11) is 1.48. The molecular formula is C24H17ClIN3O6. The molecule has 1 N–H and O–H groups in total. The van der Waals surface area contributed by atoms with Gasteiger partial charge in [-0.3, -0.25) is 14.9 Å². The third kappa shape index (κ3) is 5.38. The normalized spacial score (nSPS) is 14.3. The van der Waals surface area contributed by atoms with Gasteiger partial charge in [0.1, 0.15) is 12.3 Å². The van der Waals surface area contributed by atoms with Gasteiger partial charge in [-0.2, -0.15) is 0 Å². The number of ether oxygens (including phenoxy) is 2. The van der Waals surface area contributed by atoms with Crippen molar-refractivity contribution >= 4 is 63.6 Å². The van der Waals surface area contributed by atoms with Crippen molar-refractivity contribution in [3.63, 3.8) is 0 Å². The molecule has 4 rings (SSSR count). The molecule has 1 fully saturated rings. The molecule has 3 amide bonds. The van der Waals surface area contributed by atoms with Crippen molar-refractivity contribution < 1.29 is 24.0 Å². The van der Waals surface area contributed by atoms with E-state index >= 15 is 0 Å². The standard InChI is InChI=1S/C24H17ClIN3O6/c1-34-21-11-15(9-19(26)22(21)35-13-14-4-2-7-18(8-14)29(32)33)10-20-23(30)28(24(31)27-20)17-6-3-5-16(25)12-17/h2-12H,13H2,1H3,(H,27,31)/b20-10+. The van der Waals surface area contributed by atoms with E-state index in [-0.39, 0.29) is 18.0 Å². The van der Waals surface area contributed by atoms with Gasteiger partial charge in [-0.15, -0.1) is 0 Å². The van der Waals surface area contributed by atoms with Gasteiger partial charge in [0.25, 0.3) is 11.6 Å². The first kappa shape index (κ1) is 24.5. The fourth-order valence-electron chi connectivity index (χ4n) is 3.43. The fraction of sp³-hybridized carbons (Fsp3) is 0.0833. The molecule has 0 aliphatic carbocycles. The zero-order valence-electron chi connectivity index (χ0n) is 18.2. The molecule has 0 aromatic heterocycles. The second kappa shape index (κ2) is 10.3. The van der Waals surface area contributed by atoms with E-state index < -0.39 is 16.9 Å². The molecule has 9 nitrogen and oxygen atoms in total. The van der Waals surface area contributed by atoms with Gasteiger partial charge in [0.2, 0.25) is 0 Å². The number of hydrogen-bond acceptors (Lipinski definition) is 6. The summed E-state index contributed by atoms with van der Waals surface area (Å²) in [6.45, 7) is 0.0949. The molecule has 0 unspecified atom stereocenters. The maximum absolute atomic E-state index is 12.9. The monoisotopic (exact) mass is 605 g/mol. The Morgan fingerprint density at radius 2 is 1.91 bits per heavy atom. The molecular weight excluding hydrogens is 589 g/mol. The lowest BCUT2D eigenvalue weighted by molar-refractivity contribution is -0.384. The molecule has 0 saturated carbocycles. The molecule has 1 aliphatic heterocycles. The highest BCUT2D eigenvalue weighted by Crippen LogP contribution is 2.36. The summed E-state index contributed by atoms with van der Waals surface area (Å²) in [4.78, 5) is 36.9. The third-order valence-corrected chi connectivity index (χ3v) is 6.05. The Hall–Kier alpha value is -3.64. The SMILES string of the molecule is COc1cc(/C=C2/NC(=O)N(c3cccc(Cl)c3)C2=O)cc(I)c1OCc1cccc([N+](=O)[O-])c1. The van der Waals surface area contributed by atoms with E-state index in [1.165, 1.54) is 25.3 Å². The van der Waals surface area contributed by atoms with E-state index in [0.717, 1.165) is 4.90 Å². The first-order valence-corrected chi connectivity index (χ1v) is 11.6. The Morgan fingerprint density at radius 3 is 2.63 bits per heavy atom. The van der Waals surface area contributed by atoms with E-state index in [2.05, 4.69) is 27.9 Å². The first-order valence-electron chi connectivity index (χ1n) is 10.1. The zero-order valence-corrected chi connectivity index (χ0v) is 21.1. The minimum Gasteiger partial charge on any atom is -0.493 e. The van der Waals surface area contributed by atoms with Crippen LogP contribution in [0.2, 0.25) is 5.02 Å². The molecule has 3 aromatic carbocycles. The van der Waals surface area contributed by atoms with Crippen LogP contribution in [-0.2, 0) is 11.4 Å². The van der Waals surface area contributed by atoms with Gasteiger partial charge < -0.3 is 14.8 Å². The largest absolute Gasteiger partial charge is 0.493 e. The quantitative estimate of drug-likeness (QED) is 0.125. The average molecular weight is 606 g/mol. The highest BCUT2D eigenvalue weighted by Gasteiger charge is 2.35. The van der Waals surface area contributed by atoms with Gasteiger partial charge in [0.15, 0.2) is 11.5 Å². The van der Waals surface area contributed by atoms with Crippen LogP contribution >= 0.6 is 34.2 Å². The van der Waals surface area contributed by atoms with Gasteiger partial charge in [-0.05, 0) is 70.1 Å². The predicted octanol–water partition coefficient (Wildman–Crippen LogP) is 5.54. The maximum atomic E-state index is 12.9. The molecule has 1 heterocycles. The molecule has 1 aliphatic rings. The first-order chi connectivity index (χ1) is 16.8. The van der Waals surface area contributed by atoms with Crippen LogP contribution < -0.4 is 19.7 Å². The highest BCUT2D eigenvalue weighted by atomic mass is 127. The maximum Gasteiger partial charge on any atom is 0.333 e. The van der Waals surface area contributed by atoms with Gasteiger partial charge in [0.05, 0.1) is 21.3 Å². The van der Waals surface area contributed by atoms with Crippen molar-refractivity contribution in [3.8, 4) is 11.5 Å². The van der Waals surface area contributed by atoms with Crippen LogP contribution in [-0.4, -0.2) is 24.0 Å². The number of carbonyl (C=O) groups excluding carboxylic acids is 2. The molecule has 0 spiro atoms. The predicted molar refractivity (Wildman–Crippen MR) is 139 cm³/mol. The molecule has 3 aromatic rings. The number of halogens is 2. The van der Waals surface area contributed by atoms with Crippen LogP contribution in [0.1, 0.15) is 11.1 Å². The number of nitro benzene ring substituents is 1. The highest BCUT2D eigenvalue weighted by molar-refractivity contribution is 14.1. The smallest absolute Gasteiger partial charge is 0.333 e. The lowest BCUT2D eigenvalue weighted by Crippen LogP contribution is -2.30. The van der Waals surface area contributed by atoms with Gasteiger partial charge in [-0.25, -0.2) is 9.69 Å². The molecule has 35 heavy (non-hydrogen) atoms. The number of nitrogens with one attached hydrogen (secondary N) is 1. The second-order valence-corrected chi connectivity index (χ2v) is 8.96. The summed E-state index contributed by atoms with van der Waals surface area (Å²) in [5, 5.41) is 14.0. The Bertz CT molecular complexity index is 1380. The number of benzene rings is 3. The van der Waals surface area contributed by atoms with Crippen molar-refractivity contribution in [2.45, 2.75) is 6.61 Å². The van der Waals surface area contributed by atoms with E-state index in [9.17, 15) is 19.7 Å². The Morgan fingerprint density at radius 1 is 1.14 bits per heavy atom. The number of methoxy groups -OCH3 is 1. The minimum atomic E-state index is -0.581. The van der Waals surface area contributed by atoms with E-state index in [0.29, 0.717) is 36.9 Å². The number of urea groups is 1. The third-order valence-electron chi connectivity index (χ3n) is 5.01. The van der Waals surface area contributed by atoms with Crippen molar-refractivity contribution in [3.05, 3.63) is 96.2 Å². The Labute approximate surface area is 218 Å². The zero-order chi connectivity index (χ0) is 25.1. The molecule has 11 heteroatoms. The van der Waals surface area contributed by atoms with Crippen LogP contribution in [0.5, 0.6) is 11.5 Å². The van der Waals surface area contributed by atoms with Crippen LogP contribution in [0.3, 0.4) is 0 Å². The average Bonchev–Trinajstić information content (AvgIpc) is 3.10. The Balaban J connectivity index is 1.57. The summed E-state index contributed by atoms with van der Waals surface area (Å²) in [5.74, 6) is 0.332. The molecule has 0 bridgehead atoms. The van der Waals surface area contributed by atoms with E-state index in [1.54, 1.807) is 48.5 Å². The number of nitrogens with zero attached hydrogens (tertiary/aromatic N) is 2. The lowest BCUT2D eigenvalue weighted by atomic mass is 10.1. The molecule has 178 valence electrons. The second-order valence-electron chi connectivity index (χ2n) is 7.36. The summed E-state index contributed by atoms with van der Waals surface area (Å²) < 4.78 is 12.0.